The van der Waals surface area contributed by atoms with Crippen molar-refractivity contribution in [3.8, 4) is 0 Å². The lowest BCUT2D eigenvalue weighted by Gasteiger charge is -2.18. The molecule has 1 N–H and O–H groups in total. The van der Waals surface area contributed by atoms with E-state index in [0.717, 1.165) is 16.8 Å². The van der Waals surface area contributed by atoms with Crippen LogP contribution in [0.15, 0.2) is 39.6 Å². The molecular formula is C15H18BrNO. The number of halogens is 1. The van der Waals surface area contributed by atoms with Gasteiger partial charge in [0.1, 0.15) is 0 Å². The van der Waals surface area contributed by atoms with Crippen LogP contribution >= 0.6 is 15.9 Å². The van der Waals surface area contributed by atoms with Crippen molar-refractivity contribution >= 4 is 15.9 Å². The molecule has 0 aliphatic heterocycles. The third kappa shape index (κ3) is 2.68. The molecule has 0 bridgehead atoms. The Morgan fingerprint density at radius 3 is 2.56 bits per heavy atom. The standard InChI is InChI=1S/C15H18BrNO/c1-4-17-14(13-7-8-18-15(13)16)12-6-5-10(2)11(3)9-12/h5-9,14,17H,4H2,1-3H3. The van der Waals surface area contributed by atoms with Crippen LogP contribution < -0.4 is 5.32 Å². The SMILES string of the molecule is CCNC(c1ccc(C)c(C)c1)c1ccoc1Br. The van der Waals surface area contributed by atoms with Crippen molar-refractivity contribution in [3.05, 3.63) is 57.5 Å². The van der Waals surface area contributed by atoms with Crippen LogP contribution in [0.3, 0.4) is 0 Å². The lowest BCUT2D eigenvalue weighted by molar-refractivity contribution is 0.526. The molecule has 0 spiro atoms. The summed E-state index contributed by atoms with van der Waals surface area (Å²) in [6.45, 7) is 7.30. The maximum absolute atomic E-state index is 5.34. The van der Waals surface area contributed by atoms with E-state index in [0.29, 0.717) is 0 Å². The van der Waals surface area contributed by atoms with Crippen LogP contribution in [0.4, 0.5) is 0 Å². The molecule has 0 saturated carbocycles. The zero-order valence-corrected chi connectivity index (χ0v) is 12.5. The highest BCUT2D eigenvalue weighted by Gasteiger charge is 2.18. The lowest BCUT2D eigenvalue weighted by Crippen LogP contribution is -2.22. The van der Waals surface area contributed by atoms with Crippen LogP contribution in [-0.4, -0.2) is 6.54 Å². The molecule has 18 heavy (non-hydrogen) atoms. The van der Waals surface area contributed by atoms with Gasteiger partial charge in [-0.15, -0.1) is 0 Å². The van der Waals surface area contributed by atoms with Crippen molar-refractivity contribution in [3.63, 3.8) is 0 Å². The van der Waals surface area contributed by atoms with Gasteiger partial charge in [0.05, 0.1) is 12.3 Å². The monoisotopic (exact) mass is 307 g/mol. The summed E-state index contributed by atoms with van der Waals surface area (Å²) in [5, 5.41) is 3.50. The average molecular weight is 308 g/mol. The largest absolute Gasteiger partial charge is 0.457 e. The molecule has 0 amide bonds. The number of nitrogens with one attached hydrogen (secondary N) is 1. The number of benzene rings is 1. The molecule has 0 aliphatic rings. The van der Waals surface area contributed by atoms with E-state index in [9.17, 15) is 0 Å². The second-order valence-electron chi connectivity index (χ2n) is 4.48. The smallest absolute Gasteiger partial charge is 0.174 e. The highest BCUT2D eigenvalue weighted by Crippen LogP contribution is 2.30. The Balaban J connectivity index is 2.41. The maximum Gasteiger partial charge on any atom is 0.174 e. The Hall–Kier alpha value is -1.06. The van der Waals surface area contributed by atoms with Crippen LogP contribution in [0.5, 0.6) is 0 Å². The highest BCUT2D eigenvalue weighted by molar-refractivity contribution is 9.10. The third-order valence-electron chi connectivity index (χ3n) is 3.23. The van der Waals surface area contributed by atoms with Crippen molar-refractivity contribution in [1.29, 1.82) is 0 Å². The first-order valence-corrected chi connectivity index (χ1v) is 6.96. The molecule has 0 radical (unpaired) electrons. The van der Waals surface area contributed by atoms with Crippen LogP contribution in [0.2, 0.25) is 0 Å². The minimum Gasteiger partial charge on any atom is -0.457 e. The number of furan rings is 1. The summed E-state index contributed by atoms with van der Waals surface area (Å²) in [5.41, 5.74) is 5.04. The average Bonchev–Trinajstić information content (AvgIpc) is 2.76. The topological polar surface area (TPSA) is 25.2 Å². The van der Waals surface area contributed by atoms with Crippen molar-refractivity contribution in [1.82, 2.24) is 5.32 Å². The molecule has 2 rings (SSSR count). The van der Waals surface area contributed by atoms with Crippen molar-refractivity contribution in [2.24, 2.45) is 0 Å². The maximum atomic E-state index is 5.34. The zero-order chi connectivity index (χ0) is 13.1. The number of rotatable bonds is 4. The first-order valence-electron chi connectivity index (χ1n) is 6.17. The van der Waals surface area contributed by atoms with E-state index in [2.05, 4.69) is 60.2 Å². The van der Waals surface area contributed by atoms with E-state index in [-0.39, 0.29) is 6.04 Å². The molecule has 0 fully saturated rings. The van der Waals surface area contributed by atoms with E-state index in [1.54, 1.807) is 6.26 Å². The molecule has 3 heteroatoms. The Bertz CT molecular complexity index is 533. The molecule has 1 atom stereocenters. The van der Waals surface area contributed by atoms with E-state index in [4.69, 9.17) is 4.42 Å². The Kier molecular flexibility index (Phi) is 4.25. The second-order valence-corrected chi connectivity index (χ2v) is 5.20. The zero-order valence-electron chi connectivity index (χ0n) is 11.0. The summed E-state index contributed by atoms with van der Waals surface area (Å²) in [5.74, 6) is 0. The van der Waals surface area contributed by atoms with Gasteiger partial charge in [-0.2, -0.15) is 0 Å². The van der Waals surface area contributed by atoms with Gasteiger partial charge in [0.25, 0.3) is 0 Å². The summed E-state index contributed by atoms with van der Waals surface area (Å²) in [6.07, 6.45) is 1.71. The molecule has 0 aliphatic carbocycles. The fourth-order valence-corrected chi connectivity index (χ4v) is 2.53. The molecule has 1 unspecified atom stereocenters. The molecule has 96 valence electrons. The van der Waals surface area contributed by atoms with E-state index in [1.165, 1.54) is 16.7 Å². The van der Waals surface area contributed by atoms with E-state index < -0.39 is 0 Å². The first-order chi connectivity index (χ1) is 8.63. The summed E-state index contributed by atoms with van der Waals surface area (Å²) < 4.78 is 6.14. The van der Waals surface area contributed by atoms with Crippen molar-refractivity contribution < 1.29 is 4.42 Å². The molecule has 2 aromatic rings. The van der Waals surface area contributed by atoms with Crippen LogP contribution in [0.1, 0.15) is 35.2 Å². The minimum atomic E-state index is 0.169. The van der Waals surface area contributed by atoms with Gasteiger partial charge >= 0.3 is 0 Å². The summed E-state index contributed by atoms with van der Waals surface area (Å²) >= 11 is 3.46. The molecule has 1 heterocycles. The minimum absolute atomic E-state index is 0.169. The molecular weight excluding hydrogens is 290 g/mol. The predicted molar refractivity (Wildman–Crippen MR) is 77.8 cm³/mol. The normalized spacial score (nSPS) is 12.7. The lowest BCUT2D eigenvalue weighted by atomic mass is 9.97. The van der Waals surface area contributed by atoms with Crippen LogP contribution in [0, 0.1) is 13.8 Å². The third-order valence-corrected chi connectivity index (χ3v) is 3.87. The van der Waals surface area contributed by atoms with E-state index in [1.807, 2.05) is 6.07 Å². The number of aryl methyl sites for hydroxylation is 2. The van der Waals surface area contributed by atoms with E-state index >= 15 is 0 Å². The quantitative estimate of drug-likeness (QED) is 0.908. The number of hydrogen-bond donors (Lipinski definition) is 1. The van der Waals surface area contributed by atoms with Gasteiger partial charge in [-0.1, -0.05) is 25.1 Å². The number of hydrogen-bond acceptors (Lipinski definition) is 2. The van der Waals surface area contributed by atoms with Gasteiger partial charge < -0.3 is 9.73 Å². The van der Waals surface area contributed by atoms with Gasteiger partial charge in [0.2, 0.25) is 0 Å². The molecule has 0 saturated heterocycles. The van der Waals surface area contributed by atoms with Gasteiger partial charge in [-0.25, -0.2) is 0 Å². The van der Waals surface area contributed by atoms with Gasteiger partial charge in [0, 0.05) is 5.56 Å². The van der Waals surface area contributed by atoms with Gasteiger partial charge in [0.15, 0.2) is 4.67 Å². The molecule has 2 nitrogen and oxygen atoms in total. The van der Waals surface area contributed by atoms with Crippen LogP contribution in [-0.2, 0) is 0 Å². The molecule has 1 aromatic carbocycles. The van der Waals surface area contributed by atoms with Crippen molar-refractivity contribution in [2.45, 2.75) is 26.8 Å². The first kappa shape index (κ1) is 13.4. The fraction of sp³-hybridized carbons (Fsp3) is 0.333. The summed E-state index contributed by atoms with van der Waals surface area (Å²) in [7, 11) is 0. The highest BCUT2D eigenvalue weighted by atomic mass is 79.9. The van der Waals surface area contributed by atoms with Crippen molar-refractivity contribution in [2.75, 3.05) is 6.54 Å². The fourth-order valence-electron chi connectivity index (χ4n) is 2.07. The van der Waals surface area contributed by atoms with Gasteiger partial charge in [-0.05, 0) is 59.1 Å². The van der Waals surface area contributed by atoms with Crippen LogP contribution in [0.25, 0.3) is 0 Å². The van der Waals surface area contributed by atoms with Gasteiger partial charge in [-0.3, -0.25) is 0 Å². The second kappa shape index (κ2) is 5.72. The predicted octanol–water partition coefficient (Wildman–Crippen LogP) is 4.36. The Morgan fingerprint density at radius 1 is 1.22 bits per heavy atom. The molecule has 1 aromatic heterocycles. The Labute approximate surface area is 117 Å². The summed E-state index contributed by atoms with van der Waals surface area (Å²) in [6, 6.07) is 8.76. The summed E-state index contributed by atoms with van der Waals surface area (Å²) in [4.78, 5) is 0. The Morgan fingerprint density at radius 2 is 2.00 bits per heavy atom.